The number of hydrogen-bond donors (Lipinski definition) is 0. The van der Waals surface area contributed by atoms with Gasteiger partial charge < -0.3 is 18.7 Å². The summed E-state index contributed by atoms with van der Waals surface area (Å²) in [6.45, 7) is 9.67. The lowest BCUT2D eigenvalue weighted by Gasteiger charge is -2.27. The van der Waals surface area contributed by atoms with Crippen molar-refractivity contribution in [3.63, 3.8) is 0 Å². The molecule has 5 heteroatoms. The van der Waals surface area contributed by atoms with Gasteiger partial charge in [-0.05, 0) is 24.6 Å². The average Bonchev–Trinajstić information content (AvgIpc) is 2.56. The van der Waals surface area contributed by atoms with Crippen LogP contribution >= 0.6 is 0 Å². The highest BCUT2D eigenvalue weighted by molar-refractivity contribution is 5.81. The molecule has 128 valence electrons. The van der Waals surface area contributed by atoms with E-state index in [1.54, 1.807) is 0 Å². The van der Waals surface area contributed by atoms with Crippen molar-refractivity contribution in [1.29, 1.82) is 0 Å². The Bertz CT molecular complexity index is 482. The van der Waals surface area contributed by atoms with Gasteiger partial charge in [-0.1, -0.05) is 18.7 Å². The van der Waals surface area contributed by atoms with Crippen molar-refractivity contribution in [2.24, 2.45) is 0 Å². The predicted molar refractivity (Wildman–Crippen MR) is 90.3 cm³/mol. The van der Waals surface area contributed by atoms with Gasteiger partial charge in [0.25, 0.3) is 0 Å². The largest absolute Gasteiger partial charge is 0.491 e. The first-order valence-electron chi connectivity index (χ1n) is 7.87. The molecule has 0 spiro atoms. The monoisotopic (exact) mass is 322 g/mol. The zero-order valence-electron chi connectivity index (χ0n) is 14.4. The van der Waals surface area contributed by atoms with Gasteiger partial charge in [-0.15, -0.1) is 0 Å². The minimum Gasteiger partial charge on any atom is -0.491 e. The molecule has 0 aliphatic carbocycles. The summed E-state index contributed by atoms with van der Waals surface area (Å²) in [6, 6.07) is 7.45. The van der Waals surface area contributed by atoms with Crippen LogP contribution in [0.4, 0.5) is 0 Å². The van der Waals surface area contributed by atoms with Crippen LogP contribution in [0.1, 0.15) is 12.5 Å². The number of benzene rings is 1. The fraction of sp³-hybridized carbons (Fsp3) is 0.500. The molecule has 0 saturated heterocycles. The summed E-state index contributed by atoms with van der Waals surface area (Å²) in [5.41, 5.74) is 0.906. The normalized spacial score (nSPS) is 11.1. The van der Waals surface area contributed by atoms with E-state index >= 15 is 0 Å². The van der Waals surface area contributed by atoms with Crippen LogP contribution in [0.3, 0.4) is 0 Å². The molecule has 0 aliphatic heterocycles. The van der Waals surface area contributed by atoms with Gasteiger partial charge in [0.05, 0.1) is 33.9 Å². The highest BCUT2D eigenvalue weighted by Gasteiger charge is 2.10. The summed E-state index contributed by atoms with van der Waals surface area (Å²) in [7, 11) is 4.38. The summed E-state index contributed by atoms with van der Waals surface area (Å²) in [6.07, 6.45) is 1.15. The van der Waals surface area contributed by atoms with E-state index in [0.29, 0.717) is 13.2 Å². The van der Waals surface area contributed by atoms with Gasteiger partial charge in [-0.2, -0.15) is 0 Å². The number of esters is 1. The van der Waals surface area contributed by atoms with E-state index in [9.17, 15) is 4.79 Å². The second-order valence-corrected chi connectivity index (χ2v) is 5.89. The molecule has 1 aromatic carbocycles. The minimum atomic E-state index is -0.424. The maximum absolute atomic E-state index is 11.0. The van der Waals surface area contributed by atoms with Crippen LogP contribution in [0, 0.1) is 0 Å². The number of likely N-dealkylation sites (N-methyl/N-ethyl adjacent to an activating group) is 1. The van der Waals surface area contributed by atoms with Crippen LogP contribution in [-0.4, -0.2) is 57.5 Å². The lowest BCUT2D eigenvalue weighted by molar-refractivity contribution is -0.888. The Balaban J connectivity index is 2.18. The van der Waals surface area contributed by atoms with E-state index in [2.05, 4.69) is 27.6 Å². The molecule has 0 amide bonds. The molecular formula is C18H28NO4+. The maximum Gasteiger partial charge on any atom is 0.330 e. The second-order valence-electron chi connectivity index (χ2n) is 5.89. The molecule has 23 heavy (non-hydrogen) atoms. The van der Waals surface area contributed by atoms with Crippen molar-refractivity contribution in [3.05, 3.63) is 42.5 Å². The molecule has 0 radical (unpaired) electrons. The Kier molecular flexibility index (Phi) is 8.37. The molecule has 0 heterocycles. The topological polar surface area (TPSA) is 44.8 Å². The van der Waals surface area contributed by atoms with Crippen LogP contribution in [0.15, 0.2) is 36.9 Å². The number of carbonyl (C=O) groups excluding carboxylic acids is 1. The Morgan fingerprint density at radius 3 is 2.48 bits per heavy atom. The molecule has 0 atom stereocenters. The van der Waals surface area contributed by atoms with Crippen LogP contribution < -0.4 is 4.74 Å². The Labute approximate surface area is 139 Å². The van der Waals surface area contributed by atoms with Crippen LogP contribution in [0.2, 0.25) is 0 Å². The van der Waals surface area contributed by atoms with Crippen molar-refractivity contribution >= 4 is 5.97 Å². The van der Waals surface area contributed by atoms with Gasteiger partial charge in [0.2, 0.25) is 0 Å². The quantitative estimate of drug-likeness (QED) is 0.272. The van der Waals surface area contributed by atoms with E-state index in [1.807, 2.05) is 24.3 Å². The molecule has 0 aliphatic rings. The van der Waals surface area contributed by atoms with Crippen molar-refractivity contribution in [3.8, 4) is 5.75 Å². The van der Waals surface area contributed by atoms with Crippen LogP contribution in [-0.2, 0) is 20.9 Å². The van der Waals surface area contributed by atoms with Crippen molar-refractivity contribution in [1.82, 2.24) is 0 Å². The Morgan fingerprint density at radius 1 is 1.17 bits per heavy atom. The molecule has 1 rings (SSSR count). The smallest absolute Gasteiger partial charge is 0.330 e. The molecule has 5 nitrogen and oxygen atoms in total. The maximum atomic E-state index is 11.0. The second kappa shape index (κ2) is 10.0. The van der Waals surface area contributed by atoms with Crippen LogP contribution in [0.5, 0.6) is 5.75 Å². The van der Waals surface area contributed by atoms with E-state index < -0.39 is 5.97 Å². The third-order valence-corrected chi connectivity index (χ3v) is 3.66. The number of ether oxygens (including phenoxy) is 3. The zero-order valence-corrected chi connectivity index (χ0v) is 14.4. The fourth-order valence-electron chi connectivity index (χ4n) is 1.69. The minimum absolute atomic E-state index is 0.236. The molecular weight excluding hydrogens is 294 g/mol. The molecule has 0 aromatic heterocycles. The number of rotatable bonds is 11. The zero-order chi connectivity index (χ0) is 17.1. The number of carbonyl (C=O) groups is 1. The molecule has 0 saturated carbocycles. The van der Waals surface area contributed by atoms with Crippen molar-refractivity contribution < 1.29 is 23.5 Å². The Hall–Kier alpha value is -1.85. The third-order valence-electron chi connectivity index (χ3n) is 3.66. The first-order valence-corrected chi connectivity index (χ1v) is 7.87. The van der Waals surface area contributed by atoms with Crippen molar-refractivity contribution in [2.75, 3.05) is 47.0 Å². The van der Waals surface area contributed by atoms with E-state index in [-0.39, 0.29) is 6.61 Å². The Morgan fingerprint density at radius 2 is 1.87 bits per heavy atom. The van der Waals surface area contributed by atoms with Gasteiger partial charge in [0, 0.05) is 6.08 Å². The van der Waals surface area contributed by atoms with E-state index in [4.69, 9.17) is 14.2 Å². The lowest BCUT2D eigenvalue weighted by Crippen LogP contribution is -2.42. The summed E-state index contributed by atoms with van der Waals surface area (Å²) in [5, 5.41) is 0. The molecule has 1 aromatic rings. The van der Waals surface area contributed by atoms with Gasteiger partial charge in [-0.3, -0.25) is 0 Å². The van der Waals surface area contributed by atoms with Gasteiger partial charge >= 0.3 is 5.97 Å². The van der Waals surface area contributed by atoms with Gasteiger partial charge in [-0.25, -0.2) is 4.79 Å². The summed E-state index contributed by atoms with van der Waals surface area (Å²) in [4.78, 5) is 11.0. The fourth-order valence-corrected chi connectivity index (χ4v) is 1.69. The SMILES string of the molecule is C=CC(=O)OCc1ccc(OCCOCC[N+](C)(C)CC)cc1. The summed E-state index contributed by atoms with van der Waals surface area (Å²) in [5.74, 6) is 0.351. The first kappa shape index (κ1) is 19.2. The van der Waals surface area contributed by atoms with E-state index in [0.717, 1.165) is 41.6 Å². The van der Waals surface area contributed by atoms with Crippen LogP contribution in [0.25, 0.3) is 0 Å². The van der Waals surface area contributed by atoms with E-state index in [1.165, 1.54) is 0 Å². The number of quaternary nitrogens is 1. The number of hydrogen-bond acceptors (Lipinski definition) is 4. The lowest BCUT2D eigenvalue weighted by atomic mass is 10.2. The first-order chi connectivity index (χ1) is 11.0. The molecule has 0 N–H and O–H groups in total. The third kappa shape index (κ3) is 8.38. The number of nitrogens with zero attached hydrogens (tertiary/aromatic N) is 1. The molecule has 0 fully saturated rings. The molecule has 0 unspecified atom stereocenters. The summed E-state index contributed by atoms with van der Waals surface area (Å²) >= 11 is 0. The highest BCUT2D eigenvalue weighted by atomic mass is 16.5. The van der Waals surface area contributed by atoms with Crippen molar-refractivity contribution in [2.45, 2.75) is 13.5 Å². The standard InChI is InChI=1S/C18H28NO4/c1-5-18(20)23-15-16-7-9-17(10-8-16)22-14-13-21-12-11-19(3,4)6-2/h5,7-10H,1,6,11-15H2,2-4H3/q+1. The van der Waals surface area contributed by atoms with Gasteiger partial charge in [0.15, 0.2) is 0 Å². The predicted octanol–water partition coefficient (Wildman–Crippen LogP) is 2.41. The summed E-state index contributed by atoms with van der Waals surface area (Å²) < 4.78 is 17.1. The molecule has 0 bridgehead atoms. The van der Waals surface area contributed by atoms with Gasteiger partial charge in [0.1, 0.15) is 25.5 Å². The average molecular weight is 322 g/mol. The highest BCUT2D eigenvalue weighted by Crippen LogP contribution is 2.13.